The van der Waals surface area contributed by atoms with Crippen LogP contribution in [0.25, 0.3) is 0 Å². The molecular weight excluding hydrogens is 296 g/mol. The minimum Gasteiger partial charge on any atom is -0.340 e. The van der Waals surface area contributed by atoms with Gasteiger partial charge in [0.1, 0.15) is 5.82 Å². The lowest BCUT2D eigenvalue weighted by atomic mass is 10.0. The van der Waals surface area contributed by atoms with E-state index in [9.17, 15) is 0 Å². The van der Waals surface area contributed by atoms with Crippen LogP contribution in [0.1, 0.15) is 50.8 Å². The van der Waals surface area contributed by atoms with Crippen LogP contribution in [-0.2, 0) is 0 Å². The van der Waals surface area contributed by atoms with Gasteiger partial charge in [0.05, 0.1) is 0 Å². The van der Waals surface area contributed by atoms with E-state index in [0.29, 0.717) is 11.8 Å². The summed E-state index contributed by atoms with van der Waals surface area (Å²) < 4.78 is 0. The molecule has 1 fully saturated rings. The zero-order chi connectivity index (χ0) is 17.1. The zero-order valence-corrected chi connectivity index (χ0v) is 15.2. The van der Waals surface area contributed by atoms with E-state index in [1.165, 1.54) is 18.4 Å². The van der Waals surface area contributed by atoms with Crippen molar-refractivity contribution in [2.24, 2.45) is 5.92 Å². The third-order valence-corrected chi connectivity index (χ3v) is 4.63. The van der Waals surface area contributed by atoms with Crippen LogP contribution in [0.4, 0.5) is 17.5 Å². The maximum atomic E-state index is 4.75. The molecule has 3 rings (SSSR count). The lowest BCUT2D eigenvalue weighted by Gasteiger charge is -2.31. The predicted octanol–water partition coefficient (Wildman–Crippen LogP) is 4.89. The molecule has 128 valence electrons. The number of anilines is 3. The van der Waals surface area contributed by atoms with Gasteiger partial charge >= 0.3 is 0 Å². The lowest BCUT2D eigenvalue weighted by molar-refractivity contribution is 0.442. The average Bonchev–Trinajstić information content (AvgIpc) is 2.55. The molecule has 0 bridgehead atoms. The molecule has 0 aliphatic carbocycles. The molecule has 1 N–H and O–H groups in total. The molecule has 1 unspecified atom stereocenters. The molecule has 1 aromatic carbocycles. The second kappa shape index (κ2) is 7.20. The third-order valence-electron chi connectivity index (χ3n) is 4.63. The molecule has 2 aromatic rings. The summed E-state index contributed by atoms with van der Waals surface area (Å²) in [6, 6.07) is 10.6. The Labute approximate surface area is 145 Å². The number of aryl methyl sites for hydroxylation is 1. The van der Waals surface area contributed by atoms with Crippen molar-refractivity contribution < 1.29 is 0 Å². The number of piperidine rings is 1. The van der Waals surface area contributed by atoms with Gasteiger partial charge in [-0.1, -0.05) is 32.9 Å². The van der Waals surface area contributed by atoms with Crippen LogP contribution in [0.3, 0.4) is 0 Å². The molecule has 1 aliphatic heterocycles. The van der Waals surface area contributed by atoms with Gasteiger partial charge in [0.15, 0.2) is 0 Å². The van der Waals surface area contributed by atoms with Gasteiger partial charge in [-0.2, -0.15) is 4.98 Å². The Balaban J connectivity index is 1.78. The van der Waals surface area contributed by atoms with Crippen LogP contribution in [0.15, 0.2) is 30.3 Å². The second-order valence-corrected chi connectivity index (χ2v) is 7.29. The molecule has 4 heteroatoms. The van der Waals surface area contributed by atoms with E-state index < -0.39 is 0 Å². The van der Waals surface area contributed by atoms with Gasteiger partial charge in [-0.15, -0.1) is 0 Å². The fourth-order valence-electron chi connectivity index (χ4n) is 3.23. The summed E-state index contributed by atoms with van der Waals surface area (Å²) in [6.45, 7) is 10.9. The van der Waals surface area contributed by atoms with Gasteiger partial charge in [-0.25, -0.2) is 4.98 Å². The standard InChI is InChI=1S/C20H28N4/c1-14(2)17-7-9-18(10-8-17)22-19-12-16(4)21-20(23-19)24-11-5-6-15(3)13-24/h7-10,12,14-15H,5-6,11,13H2,1-4H3,(H,21,22,23). The molecule has 24 heavy (non-hydrogen) atoms. The quantitative estimate of drug-likeness (QED) is 0.869. The first-order chi connectivity index (χ1) is 11.5. The van der Waals surface area contributed by atoms with Crippen LogP contribution < -0.4 is 10.2 Å². The number of nitrogens with zero attached hydrogens (tertiary/aromatic N) is 3. The van der Waals surface area contributed by atoms with Crippen molar-refractivity contribution in [1.29, 1.82) is 0 Å². The zero-order valence-electron chi connectivity index (χ0n) is 15.2. The van der Waals surface area contributed by atoms with E-state index in [4.69, 9.17) is 4.98 Å². The summed E-state index contributed by atoms with van der Waals surface area (Å²) in [4.78, 5) is 11.7. The predicted molar refractivity (Wildman–Crippen MR) is 101 cm³/mol. The highest BCUT2D eigenvalue weighted by atomic mass is 15.3. The summed E-state index contributed by atoms with van der Waals surface area (Å²) in [6.07, 6.45) is 2.52. The second-order valence-electron chi connectivity index (χ2n) is 7.29. The maximum absolute atomic E-state index is 4.75. The average molecular weight is 324 g/mol. The van der Waals surface area contributed by atoms with E-state index in [1.807, 2.05) is 13.0 Å². The fourth-order valence-corrected chi connectivity index (χ4v) is 3.23. The Morgan fingerprint density at radius 2 is 1.92 bits per heavy atom. The van der Waals surface area contributed by atoms with Crippen LogP contribution in [0.5, 0.6) is 0 Å². The van der Waals surface area contributed by atoms with E-state index in [1.54, 1.807) is 0 Å². The van der Waals surface area contributed by atoms with Gasteiger partial charge in [0.2, 0.25) is 5.95 Å². The smallest absolute Gasteiger partial charge is 0.227 e. The number of hydrogen-bond donors (Lipinski definition) is 1. The Morgan fingerprint density at radius 1 is 1.17 bits per heavy atom. The Hall–Kier alpha value is -2.10. The minimum atomic E-state index is 0.549. The number of nitrogens with one attached hydrogen (secondary N) is 1. The number of rotatable bonds is 4. The van der Waals surface area contributed by atoms with Crippen molar-refractivity contribution >= 4 is 17.5 Å². The number of hydrogen-bond acceptors (Lipinski definition) is 4. The normalized spacial score (nSPS) is 18.0. The SMILES string of the molecule is Cc1cc(Nc2ccc(C(C)C)cc2)nc(N2CCCC(C)C2)n1. The molecule has 1 atom stereocenters. The molecule has 4 nitrogen and oxygen atoms in total. The summed E-state index contributed by atoms with van der Waals surface area (Å²) in [5.74, 6) is 2.98. The lowest BCUT2D eigenvalue weighted by Crippen LogP contribution is -2.35. The number of benzene rings is 1. The summed E-state index contributed by atoms with van der Waals surface area (Å²) in [5.41, 5.74) is 3.41. The van der Waals surface area contributed by atoms with Gasteiger partial charge in [0, 0.05) is 30.5 Å². The van der Waals surface area contributed by atoms with Crippen LogP contribution in [-0.4, -0.2) is 23.1 Å². The molecule has 0 radical (unpaired) electrons. The summed E-state index contributed by atoms with van der Waals surface area (Å²) >= 11 is 0. The van der Waals surface area contributed by atoms with Crippen molar-refractivity contribution in [3.05, 3.63) is 41.6 Å². The van der Waals surface area contributed by atoms with Crippen molar-refractivity contribution in [3.8, 4) is 0 Å². The Kier molecular flexibility index (Phi) is 5.03. The van der Waals surface area contributed by atoms with Gasteiger partial charge < -0.3 is 10.2 Å². The van der Waals surface area contributed by atoms with Crippen LogP contribution >= 0.6 is 0 Å². The van der Waals surface area contributed by atoms with Gasteiger partial charge in [-0.05, 0) is 49.3 Å². The monoisotopic (exact) mass is 324 g/mol. The first-order valence-electron chi connectivity index (χ1n) is 8.99. The topological polar surface area (TPSA) is 41.1 Å². The number of aromatic nitrogens is 2. The van der Waals surface area contributed by atoms with E-state index in [-0.39, 0.29) is 0 Å². The largest absolute Gasteiger partial charge is 0.340 e. The van der Waals surface area contributed by atoms with Crippen LogP contribution in [0, 0.1) is 12.8 Å². The maximum Gasteiger partial charge on any atom is 0.227 e. The molecule has 1 aliphatic rings. The first-order valence-corrected chi connectivity index (χ1v) is 8.99. The van der Waals surface area contributed by atoms with Crippen molar-refractivity contribution in [2.45, 2.75) is 46.5 Å². The summed E-state index contributed by atoms with van der Waals surface area (Å²) in [7, 11) is 0. The molecule has 0 amide bonds. The molecule has 1 aromatic heterocycles. The third kappa shape index (κ3) is 4.05. The molecule has 0 spiro atoms. The van der Waals surface area contributed by atoms with Gasteiger partial charge in [-0.3, -0.25) is 0 Å². The first kappa shape index (κ1) is 16.7. The minimum absolute atomic E-state index is 0.549. The van der Waals surface area contributed by atoms with E-state index in [0.717, 1.165) is 36.2 Å². The van der Waals surface area contributed by atoms with Crippen LogP contribution in [0.2, 0.25) is 0 Å². The molecular formula is C20H28N4. The highest BCUT2D eigenvalue weighted by Crippen LogP contribution is 2.24. The van der Waals surface area contributed by atoms with Crippen molar-refractivity contribution in [1.82, 2.24) is 9.97 Å². The van der Waals surface area contributed by atoms with Gasteiger partial charge in [0.25, 0.3) is 0 Å². The highest BCUT2D eigenvalue weighted by Gasteiger charge is 2.19. The molecule has 1 saturated heterocycles. The van der Waals surface area contributed by atoms with Crippen molar-refractivity contribution in [3.63, 3.8) is 0 Å². The van der Waals surface area contributed by atoms with E-state index in [2.05, 4.69) is 60.2 Å². The summed E-state index contributed by atoms with van der Waals surface area (Å²) in [5, 5.41) is 3.42. The van der Waals surface area contributed by atoms with Crippen molar-refractivity contribution in [2.75, 3.05) is 23.3 Å². The molecule has 2 heterocycles. The highest BCUT2D eigenvalue weighted by molar-refractivity contribution is 5.58. The van der Waals surface area contributed by atoms with E-state index >= 15 is 0 Å². The Bertz CT molecular complexity index is 679. The fraction of sp³-hybridized carbons (Fsp3) is 0.500. The molecule has 0 saturated carbocycles. The Morgan fingerprint density at radius 3 is 2.58 bits per heavy atom.